The fraction of sp³-hybridized carbons (Fsp3) is 0.222. The number of benzene rings is 2. The quantitative estimate of drug-likeness (QED) is 0.657. The van der Waals surface area contributed by atoms with E-state index >= 15 is 0 Å². The van der Waals surface area contributed by atoms with Crippen LogP contribution in [0.15, 0.2) is 42.5 Å². The topological polar surface area (TPSA) is 0 Å². The molecule has 0 bridgehead atoms. The first-order valence-electron chi connectivity index (χ1n) is 6.29. The van der Waals surface area contributed by atoms with E-state index in [1.54, 1.807) is 0 Å². The molecule has 0 atom stereocenters. The van der Waals surface area contributed by atoms with Crippen LogP contribution in [-0.2, 0) is 0 Å². The van der Waals surface area contributed by atoms with E-state index in [1.807, 2.05) is 6.07 Å². The zero-order valence-electron chi connectivity index (χ0n) is 11.2. The molecule has 0 saturated carbocycles. The summed E-state index contributed by atoms with van der Waals surface area (Å²) in [5, 5.41) is 0. The van der Waals surface area contributed by atoms with Crippen molar-refractivity contribution in [2.45, 2.75) is 26.7 Å². The molecule has 0 fully saturated rings. The summed E-state index contributed by atoms with van der Waals surface area (Å²) < 4.78 is 0. The average Bonchev–Trinajstić information content (AvgIpc) is 2.38. The first-order chi connectivity index (χ1) is 8.60. The highest BCUT2D eigenvalue weighted by atomic mass is 14.1. The minimum absolute atomic E-state index is 0.543. The van der Waals surface area contributed by atoms with Crippen LogP contribution in [0.1, 0.15) is 36.5 Å². The summed E-state index contributed by atoms with van der Waals surface area (Å²) in [5.74, 6) is 3.26. The third kappa shape index (κ3) is 2.63. The van der Waals surface area contributed by atoms with E-state index in [-0.39, 0.29) is 0 Å². The van der Waals surface area contributed by atoms with Crippen molar-refractivity contribution >= 4 is 0 Å². The van der Waals surface area contributed by atoms with Crippen molar-refractivity contribution in [3.8, 4) is 23.5 Å². The zero-order chi connectivity index (χ0) is 13.1. The molecule has 0 amide bonds. The van der Waals surface area contributed by atoms with Gasteiger partial charge in [0.25, 0.3) is 0 Å². The lowest BCUT2D eigenvalue weighted by Gasteiger charge is -2.09. The minimum Gasteiger partial charge on any atom is -0.115 e. The van der Waals surface area contributed by atoms with Gasteiger partial charge in [-0.3, -0.25) is 0 Å². The van der Waals surface area contributed by atoms with Gasteiger partial charge in [-0.1, -0.05) is 50.1 Å². The molecule has 2 rings (SSSR count). The second kappa shape index (κ2) is 5.10. The summed E-state index contributed by atoms with van der Waals surface area (Å²) in [7, 11) is 0. The molecule has 0 aromatic heterocycles. The second-order valence-corrected chi connectivity index (χ2v) is 5.01. The Bertz CT molecular complexity index is 598. The van der Waals surface area contributed by atoms with Crippen molar-refractivity contribution in [3.63, 3.8) is 0 Å². The molecule has 18 heavy (non-hydrogen) atoms. The van der Waals surface area contributed by atoms with Gasteiger partial charge in [-0.2, -0.15) is 0 Å². The third-order valence-corrected chi connectivity index (χ3v) is 3.13. The van der Waals surface area contributed by atoms with Crippen LogP contribution in [-0.4, -0.2) is 0 Å². The predicted octanol–water partition coefficient (Wildman–Crippen LogP) is 4.77. The zero-order valence-corrected chi connectivity index (χ0v) is 11.2. The Morgan fingerprint density at radius 2 is 1.78 bits per heavy atom. The summed E-state index contributed by atoms with van der Waals surface area (Å²) >= 11 is 0. The summed E-state index contributed by atoms with van der Waals surface area (Å²) in [4.78, 5) is 0. The number of rotatable bonds is 2. The van der Waals surface area contributed by atoms with Crippen LogP contribution in [0.5, 0.6) is 0 Å². The molecule has 0 heterocycles. The van der Waals surface area contributed by atoms with Crippen LogP contribution in [0.3, 0.4) is 0 Å². The molecule has 2 aromatic rings. The third-order valence-electron chi connectivity index (χ3n) is 3.13. The van der Waals surface area contributed by atoms with Crippen LogP contribution in [0.2, 0.25) is 0 Å². The number of hydrogen-bond acceptors (Lipinski definition) is 0. The maximum Gasteiger partial charge on any atom is 0.0251 e. The molecule has 0 radical (unpaired) electrons. The molecule has 0 aliphatic rings. The van der Waals surface area contributed by atoms with Crippen LogP contribution in [0, 0.1) is 19.3 Å². The molecule has 0 aliphatic heterocycles. The predicted molar refractivity (Wildman–Crippen MR) is 78.6 cm³/mol. The Morgan fingerprint density at radius 1 is 1.00 bits per heavy atom. The normalized spacial score (nSPS) is 10.4. The maximum atomic E-state index is 5.49. The highest BCUT2D eigenvalue weighted by molar-refractivity contribution is 5.67. The highest BCUT2D eigenvalue weighted by Gasteiger charge is 2.04. The lowest BCUT2D eigenvalue weighted by molar-refractivity contribution is 0.867. The van der Waals surface area contributed by atoms with Gasteiger partial charge in [0.1, 0.15) is 0 Å². The maximum absolute atomic E-state index is 5.49. The van der Waals surface area contributed by atoms with Crippen molar-refractivity contribution in [1.82, 2.24) is 0 Å². The van der Waals surface area contributed by atoms with Gasteiger partial charge in [-0.15, -0.1) is 6.42 Å². The van der Waals surface area contributed by atoms with Crippen LogP contribution < -0.4 is 0 Å². The molecular weight excluding hydrogens is 216 g/mol. The largest absolute Gasteiger partial charge is 0.115 e. The van der Waals surface area contributed by atoms with Crippen molar-refractivity contribution in [1.29, 1.82) is 0 Å². The Hall–Kier alpha value is -2.00. The second-order valence-electron chi connectivity index (χ2n) is 5.01. The van der Waals surface area contributed by atoms with Crippen molar-refractivity contribution in [2.24, 2.45) is 0 Å². The molecule has 0 spiro atoms. The van der Waals surface area contributed by atoms with Gasteiger partial charge in [0.05, 0.1) is 0 Å². The minimum atomic E-state index is 0.543. The van der Waals surface area contributed by atoms with Crippen LogP contribution >= 0.6 is 0 Å². The van der Waals surface area contributed by atoms with E-state index in [2.05, 4.69) is 63.1 Å². The molecule has 0 heteroatoms. The molecule has 2 aromatic carbocycles. The molecule has 0 unspecified atom stereocenters. The average molecular weight is 234 g/mol. The van der Waals surface area contributed by atoms with E-state index in [9.17, 15) is 0 Å². The van der Waals surface area contributed by atoms with Gasteiger partial charge in [0.15, 0.2) is 0 Å². The molecule has 0 N–H and O–H groups in total. The highest BCUT2D eigenvalue weighted by Crippen LogP contribution is 2.25. The molecule has 0 aliphatic carbocycles. The van der Waals surface area contributed by atoms with Gasteiger partial charge in [0.2, 0.25) is 0 Å². The van der Waals surface area contributed by atoms with Crippen molar-refractivity contribution in [3.05, 3.63) is 59.2 Å². The Morgan fingerprint density at radius 3 is 2.44 bits per heavy atom. The van der Waals surface area contributed by atoms with Gasteiger partial charge < -0.3 is 0 Å². The SMILES string of the molecule is C#Cc1cc(C)cc(-c2cccc(C(C)C)c2)c1. The Balaban J connectivity index is 2.52. The fourth-order valence-corrected chi connectivity index (χ4v) is 2.11. The summed E-state index contributed by atoms with van der Waals surface area (Å²) in [6.07, 6.45) is 5.49. The first-order valence-corrected chi connectivity index (χ1v) is 6.29. The van der Waals surface area contributed by atoms with E-state index in [4.69, 9.17) is 6.42 Å². The number of aryl methyl sites for hydroxylation is 1. The molecule has 0 saturated heterocycles. The van der Waals surface area contributed by atoms with E-state index in [0.29, 0.717) is 5.92 Å². The number of terminal acetylenes is 1. The van der Waals surface area contributed by atoms with Crippen LogP contribution in [0.4, 0.5) is 0 Å². The summed E-state index contributed by atoms with van der Waals surface area (Å²) in [5.41, 5.74) is 5.94. The van der Waals surface area contributed by atoms with Gasteiger partial charge in [0, 0.05) is 5.56 Å². The van der Waals surface area contributed by atoms with Gasteiger partial charge >= 0.3 is 0 Å². The van der Waals surface area contributed by atoms with Crippen LogP contribution in [0.25, 0.3) is 11.1 Å². The van der Waals surface area contributed by atoms with E-state index in [1.165, 1.54) is 22.3 Å². The summed E-state index contributed by atoms with van der Waals surface area (Å²) in [6.45, 7) is 6.50. The standard InChI is InChI=1S/C18H18/c1-5-15-9-14(4)10-18(11-15)17-8-6-7-16(12-17)13(2)3/h1,6-13H,2-4H3. The van der Waals surface area contributed by atoms with Crippen molar-refractivity contribution < 1.29 is 0 Å². The molecule has 90 valence electrons. The molecular formula is C18H18. The van der Waals surface area contributed by atoms with Gasteiger partial charge in [-0.05, 0) is 47.2 Å². The van der Waals surface area contributed by atoms with E-state index < -0.39 is 0 Å². The molecule has 0 nitrogen and oxygen atoms in total. The fourth-order valence-electron chi connectivity index (χ4n) is 2.11. The Kier molecular flexibility index (Phi) is 3.53. The lowest BCUT2D eigenvalue weighted by Crippen LogP contribution is -1.89. The van der Waals surface area contributed by atoms with Gasteiger partial charge in [-0.25, -0.2) is 0 Å². The lowest BCUT2D eigenvalue weighted by atomic mass is 9.95. The monoisotopic (exact) mass is 234 g/mol. The number of hydrogen-bond donors (Lipinski definition) is 0. The van der Waals surface area contributed by atoms with Crippen molar-refractivity contribution in [2.75, 3.05) is 0 Å². The summed E-state index contributed by atoms with van der Waals surface area (Å²) in [6, 6.07) is 15.0. The van der Waals surface area contributed by atoms with E-state index in [0.717, 1.165) is 5.56 Å². The first kappa shape index (κ1) is 12.5. The smallest absolute Gasteiger partial charge is 0.0251 e. The Labute approximate surface area is 110 Å².